The van der Waals surface area contributed by atoms with Gasteiger partial charge < -0.3 is 19.4 Å². The number of hydrogen-bond acceptors (Lipinski definition) is 6. The van der Waals surface area contributed by atoms with Crippen molar-refractivity contribution >= 4 is 17.5 Å². The van der Waals surface area contributed by atoms with Crippen LogP contribution in [0.15, 0.2) is 36.5 Å². The Bertz CT molecular complexity index is 798. The second-order valence-corrected chi connectivity index (χ2v) is 6.96. The summed E-state index contributed by atoms with van der Waals surface area (Å²) in [6, 6.07) is 10.2. The fraction of sp³-hybridized carbons (Fsp3) is 0.450. The van der Waals surface area contributed by atoms with Gasteiger partial charge >= 0.3 is 0 Å². The third-order valence-electron chi connectivity index (χ3n) is 5.09. The summed E-state index contributed by atoms with van der Waals surface area (Å²) in [5, 5.41) is 0. The summed E-state index contributed by atoms with van der Waals surface area (Å²) in [7, 11) is 0. The van der Waals surface area contributed by atoms with E-state index in [1.165, 1.54) is 11.3 Å². The number of anilines is 2. The first-order valence-corrected chi connectivity index (χ1v) is 9.47. The van der Waals surface area contributed by atoms with Crippen molar-refractivity contribution in [1.29, 1.82) is 0 Å². The van der Waals surface area contributed by atoms with E-state index in [9.17, 15) is 4.79 Å². The first kappa shape index (κ1) is 17.7. The third kappa shape index (κ3) is 4.03. The molecule has 0 N–H and O–H groups in total. The first-order valence-electron chi connectivity index (χ1n) is 9.47. The zero-order valence-corrected chi connectivity index (χ0v) is 15.7. The van der Waals surface area contributed by atoms with E-state index in [2.05, 4.69) is 51.0 Å². The van der Waals surface area contributed by atoms with Crippen molar-refractivity contribution in [2.75, 3.05) is 62.3 Å². The Kier molecular flexibility index (Phi) is 5.20. The van der Waals surface area contributed by atoms with Gasteiger partial charge in [-0.25, -0.2) is 9.97 Å². The number of nitrogens with zero attached hydrogens (tertiary/aromatic N) is 5. The first-order chi connectivity index (χ1) is 13.2. The fourth-order valence-electron chi connectivity index (χ4n) is 3.54. The third-order valence-corrected chi connectivity index (χ3v) is 5.09. The van der Waals surface area contributed by atoms with Crippen LogP contribution in [0, 0.1) is 6.92 Å². The molecule has 3 heterocycles. The van der Waals surface area contributed by atoms with Crippen LogP contribution in [0.3, 0.4) is 0 Å². The smallest absolute Gasteiger partial charge is 0.272 e. The van der Waals surface area contributed by atoms with E-state index in [4.69, 9.17) is 4.74 Å². The second kappa shape index (κ2) is 7.92. The predicted octanol–water partition coefficient (Wildman–Crippen LogP) is 1.58. The van der Waals surface area contributed by atoms with E-state index in [0.717, 1.165) is 26.2 Å². The summed E-state index contributed by atoms with van der Waals surface area (Å²) >= 11 is 0. The number of ether oxygens (including phenoxy) is 1. The van der Waals surface area contributed by atoms with Crippen molar-refractivity contribution in [1.82, 2.24) is 14.9 Å². The van der Waals surface area contributed by atoms with Gasteiger partial charge in [0, 0.05) is 51.2 Å². The van der Waals surface area contributed by atoms with Crippen LogP contribution in [0.5, 0.6) is 0 Å². The average Bonchev–Trinajstić information content (AvgIpc) is 2.74. The number of piperazine rings is 1. The van der Waals surface area contributed by atoms with Crippen molar-refractivity contribution in [3.63, 3.8) is 0 Å². The zero-order chi connectivity index (χ0) is 18.6. The van der Waals surface area contributed by atoms with E-state index in [1.807, 2.05) is 4.90 Å². The molecule has 2 aliphatic rings. The topological polar surface area (TPSA) is 61.8 Å². The number of benzene rings is 1. The largest absolute Gasteiger partial charge is 0.378 e. The summed E-state index contributed by atoms with van der Waals surface area (Å²) in [5.41, 5.74) is 2.94. The Morgan fingerprint density at radius 1 is 1.00 bits per heavy atom. The molecule has 2 aromatic rings. The highest BCUT2D eigenvalue weighted by atomic mass is 16.5. The van der Waals surface area contributed by atoms with Crippen molar-refractivity contribution in [2.24, 2.45) is 0 Å². The van der Waals surface area contributed by atoms with Crippen LogP contribution < -0.4 is 9.80 Å². The van der Waals surface area contributed by atoms with Crippen LogP contribution in [-0.4, -0.2) is 73.3 Å². The van der Waals surface area contributed by atoms with Gasteiger partial charge in [0.25, 0.3) is 5.91 Å². The summed E-state index contributed by atoms with van der Waals surface area (Å²) in [6.45, 7) is 8.01. The molecule has 4 rings (SSSR count). The monoisotopic (exact) mass is 367 g/mol. The maximum absolute atomic E-state index is 12.9. The highest BCUT2D eigenvalue weighted by molar-refractivity contribution is 5.92. The Morgan fingerprint density at radius 3 is 2.52 bits per heavy atom. The van der Waals surface area contributed by atoms with Gasteiger partial charge in [0.1, 0.15) is 5.69 Å². The van der Waals surface area contributed by atoms with E-state index >= 15 is 0 Å². The highest BCUT2D eigenvalue weighted by Gasteiger charge is 2.24. The molecule has 7 nitrogen and oxygen atoms in total. The molecule has 0 saturated carbocycles. The molecule has 2 fully saturated rings. The molecule has 142 valence electrons. The molecule has 0 unspecified atom stereocenters. The zero-order valence-electron chi connectivity index (χ0n) is 15.7. The number of amides is 1. The van der Waals surface area contributed by atoms with Crippen LogP contribution in [0.1, 0.15) is 16.1 Å². The molecular weight excluding hydrogens is 342 g/mol. The lowest BCUT2D eigenvalue weighted by molar-refractivity contribution is 0.0740. The van der Waals surface area contributed by atoms with Gasteiger partial charge in [-0.15, -0.1) is 0 Å². The summed E-state index contributed by atoms with van der Waals surface area (Å²) < 4.78 is 5.37. The van der Waals surface area contributed by atoms with Gasteiger partial charge in [0.15, 0.2) is 0 Å². The molecule has 1 amide bonds. The number of carbonyl (C=O) groups excluding carboxylic acids is 1. The molecule has 0 atom stereocenters. The maximum atomic E-state index is 12.9. The van der Waals surface area contributed by atoms with E-state index in [1.54, 1.807) is 12.3 Å². The maximum Gasteiger partial charge on any atom is 0.272 e. The molecule has 7 heteroatoms. The van der Waals surface area contributed by atoms with Gasteiger partial charge in [-0.05, 0) is 30.7 Å². The van der Waals surface area contributed by atoms with Gasteiger partial charge in [-0.3, -0.25) is 4.79 Å². The van der Waals surface area contributed by atoms with Crippen molar-refractivity contribution in [2.45, 2.75) is 6.92 Å². The van der Waals surface area contributed by atoms with Crippen LogP contribution >= 0.6 is 0 Å². The fourth-order valence-corrected chi connectivity index (χ4v) is 3.54. The Labute approximate surface area is 159 Å². The van der Waals surface area contributed by atoms with Gasteiger partial charge in [-0.1, -0.05) is 12.1 Å². The molecule has 0 radical (unpaired) electrons. The van der Waals surface area contributed by atoms with E-state index < -0.39 is 0 Å². The Hall–Kier alpha value is -2.67. The second-order valence-electron chi connectivity index (χ2n) is 6.96. The van der Waals surface area contributed by atoms with E-state index in [0.29, 0.717) is 37.9 Å². The van der Waals surface area contributed by atoms with Crippen molar-refractivity contribution < 1.29 is 9.53 Å². The molecule has 1 aromatic carbocycles. The predicted molar refractivity (Wildman–Crippen MR) is 104 cm³/mol. The van der Waals surface area contributed by atoms with Crippen molar-refractivity contribution in [3.8, 4) is 0 Å². The van der Waals surface area contributed by atoms with Gasteiger partial charge in [-0.2, -0.15) is 0 Å². The molecule has 0 bridgehead atoms. The SMILES string of the molecule is Cc1cccc(N2CCN(C(=O)c3ccnc(N4CCOCC4)n3)CC2)c1. The highest BCUT2D eigenvalue weighted by Crippen LogP contribution is 2.19. The van der Waals surface area contributed by atoms with Crippen LogP contribution in [0.2, 0.25) is 0 Å². The summed E-state index contributed by atoms with van der Waals surface area (Å²) in [5.74, 6) is 0.596. The minimum atomic E-state index is -0.0178. The number of morpholine rings is 1. The molecule has 2 aliphatic heterocycles. The molecule has 1 aromatic heterocycles. The van der Waals surface area contributed by atoms with Crippen LogP contribution in [0.25, 0.3) is 0 Å². The number of aryl methyl sites for hydroxylation is 1. The Balaban J connectivity index is 1.40. The van der Waals surface area contributed by atoms with Crippen LogP contribution in [0.4, 0.5) is 11.6 Å². The summed E-state index contributed by atoms with van der Waals surface area (Å²) in [6.07, 6.45) is 1.67. The lowest BCUT2D eigenvalue weighted by atomic mass is 10.2. The minimum absolute atomic E-state index is 0.0178. The quantitative estimate of drug-likeness (QED) is 0.821. The Morgan fingerprint density at radius 2 is 1.78 bits per heavy atom. The standard InChI is InChI=1S/C20H25N5O2/c1-16-3-2-4-17(15-16)23-7-9-24(10-8-23)19(26)18-5-6-21-20(22-18)25-11-13-27-14-12-25/h2-6,15H,7-14H2,1H3. The van der Waals surface area contributed by atoms with Gasteiger partial charge in [0.05, 0.1) is 13.2 Å². The lowest BCUT2D eigenvalue weighted by Crippen LogP contribution is -2.49. The normalized spacial score (nSPS) is 17.9. The molecule has 0 aliphatic carbocycles. The lowest BCUT2D eigenvalue weighted by Gasteiger charge is -2.36. The number of carbonyl (C=O) groups is 1. The number of hydrogen-bond donors (Lipinski definition) is 0. The molecule has 27 heavy (non-hydrogen) atoms. The molecule has 2 saturated heterocycles. The average molecular weight is 367 g/mol. The van der Waals surface area contributed by atoms with Gasteiger partial charge in [0.2, 0.25) is 5.95 Å². The minimum Gasteiger partial charge on any atom is -0.378 e. The molecular formula is C20H25N5O2. The summed E-state index contributed by atoms with van der Waals surface area (Å²) in [4.78, 5) is 28.0. The molecule has 0 spiro atoms. The van der Waals surface area contributed by atoms with E-state index in [-0.39, 0.29) is 5.91 Å². The van der Waals surface area contributed by atoms with Crippen molar-refractivity contribution in [3.05, 3.63) is 47.8 Å². The number of aromatic nitrogens is 2. The number of rotatable bonds is 3. The van der Waals surface area contributed by atoms with Crippen LogP contribution in [-0.2, 0) is 4.74 Å².